The average molecular weight is 409 g/mol. The van der Waals surface area contributed by atoms with Gasteiger partial charge in [0.05, 0.1) is 11.4 Å². The minimum absolute atomic E-state index is 0.659. The van der Waals surface area contributed by atoms with Crippen molar-refractivity contribution in [2.24, 2.45) is 0 Å². The van der Waals surface area contributed by atoms with Crippen molar-refractivity contribution < 1.29 is 0 Å². The van der Waals surface area contributed by atoms with Crippen LogP contribution in [-0.2, 0) is 19.6 Å². The third-order valence-electron chi connectivity index (χ3n) is 4.07. The van der Waals surface area contributed by atoms with E-state index in [4.69, 9.17) is 0 Å². The molecule has 0 saturated heterocycles. The number of hydrogen-bond acceptors (Lipinski definition) is 5. The quantitative estimate of drug-likeness (QED) is 0.488. The molecule has 0 spiro atoms. The van der Waals surface area contributed by atoms with Crippen LogP contribution >= 0.6 is 15.9 Å². The molecule has 0 atom stereocenters. The first-order valence-electron chi connectivity index (χ1n) is 8.28. The summed E-state index contributed by atoms with van der Waals surface area (Å²) in [6, 6.07) is 14.3. The molecule has 6 nitrogen and oxygen atoms in total. The molecule has 3 heterocycles. The van der Waals surface area contributed by atoms with E-state index in [1.165, 1.54) is 5.56 Å². The number of rotatable bonds is 6. The number of fused-ring (bicyclic) bond motifs is 1. The Hall–Kier alpha value is -2.64. The molecule has 4 rings (SSSR count). The second-order valence-corrected chi connectivity index (χ2v) is 6.95. The van der Waals surface area contributed by atoms with Crippen LogP contribution in [0.3, 0.4) is 0 Å². The molecule has 0 fully saturated rings. The topological polar surface area (TPSA) is 59.2 Å². The first-order chi connectivity index (χ1) is 12.8. The maximum Gasteiger partial charge on any atom is 0.183 e. The lowest BCUT2D eigenvalue weighted by Crippen LogP contribution is -2.24. The Labute approximate surface area is 159 Å². The van der Waals surface area contributed by atoms with Crippen molar-refractivity contribution in [3.63, 3.8) is 0 Å². The van der Waals surface area contributed by atoms with Gasteiger partial charge in [0.2, 0.25) is 0 Å². The third-order valence-corrected chi connectivity index (χ3v) is 4.56. The van der Waals surface area contributed by atoms with Crippen molar-refractivity contribution in [3.8, 4) is 0 Å². The van der Waals surface area contributed by atoms with E-state index in [1.807, 2.05) is 41.1 Å². The highest BCUT2D eigenvalue weighted by Crippen LogP contribution is 2.17. The molecular weight excluding hydrogens is 392 g/mol. The molecule has 7 heteroatoms. The zero-order valence-electron chi connectivity index (χ0n) is 14.0. The summed E-state index contributed by atoms with van der Waals surface area (Å²) < 4.78 is 2.96. The van der Waals surface area contributed by atoms with E-state index in [9.17, 15) is 0 Å². The molecule has 0 unspecified atom stereocenters. The van der Waals surface area contributed by atoms with Gasteiger partial charge in [0.15, 0.2) is 5.65 Å². The summed E-state index contributed by atoms with van der Waals surface area (Å²) >= 11 is 3.55. The van der Waals surface area contributed by atoms with Crippen molar-refractivity contribution in [3.05, 3.63) is 88.8 Å². The molecule has 4 aromatic rings. The van der Waals surface area contributed by atoms with Crippen LogP contribution in [0.2, 0.25) is 0 Å². The standard InChI is InChI=1S/C19H17BrN6/c20-16-5-3-4-15(10-16)11-25(12-17-6-1-2-7-21-17)13-18-19-24-23-14-26(19)9-8-22-18/h1-10,14H,11-13H2. The van der Waals surface area contributed by atoms with Crippen LogP contribution in [0, 0.1) is 0 Å². The maximum absolute atomic E-state index is 4.53. The van der Waals surface area contributed by atoms with Gasteiger partial charge < -0.3 is 0 Å². The maximum atomic E-state index is 4.53. The lowest BCUT2D eigenvalue weighted by atomic mass is 10.2. The lowest BCUT2D eigenvalue weighted by Gasteiger charge is -2.22. The van der Waals surface area contributed by atoms with Crippen LogP contribution < -0.4 is 0 Å². The van der Waals surface area contributed by atoms with Crippen molar-refractivity contribution >= 4 is 21.6 Å². The lowest BCUT2D eigenvalue weighted by molar-refractivity contribution is 0.242. The van der Waals surface area contributed by atoms with Crippen LogP contribution in [0.1, 0.15) is 17.0 Å². The van der Waals surface area contributed by atoms with Crippen molar-refractivity contribution in [2.45, 2.75) is 19.6 Å². The summed E-state index contributed by atoms with van der Waals surface area (Å²) in [4.78, 5) is 11.3. The first kappa shape index (κ1) is 16.8. The highest BCUT2D eigenvalue weighted by atomic mass is 79.9. The van der Waals surface area contributed by atoms with Crippen LogP contribution in [0.5, 0.6) is 0 Å². The number of nitrogens with zero attached hydrogens (tertiary/aromatic N) is 6. The summed E-state index contributed by atoms with van der Waals surface area (Å²) in [5.74, 6) is 0. The highest BCUT2D eigenvalue weighted by molar-refractivity contribution is 9.10. The molecule has 130 valence electrons. The van der Waals surface area contributed by atoms with Crippen LogP contribution in [0.15, 0.2) is 71.9 Å². The Morgan fingerprint density at radius 1 is 0.962 bits per heavy atom. The zero-order valence-corrected chi connectivity index (χ0v) is 15.6. The summed E-state index contributed by atoms with van der Waals surface area (Å²) in [6.07, 6.45) is 7.15. The van der Waals surface area contributed by atoms with Gasteiger partial charge in [0.1, 0.15) is 6.33 Å². The molecule has 1 aromatic carbocycles. The monoisotopic (exact) mass is 408 g/mol. The fraction of sp³-hybridized carbons (Fsp3) is 0.158. The summed E-state index contributed by atoms with van der Waals surface area (Å²) in [6.45, 7) is 2.17. The molecule has 0 aliphatic heterocycles. The van der Waals surface area contributed by atoms with Gasteiger partial charge in [-0.3, -0.25) is 19.3 Å². The Morgan fingerprint density at radius 2 is 1.92 bits per heavy atom. The molecule has 3 aromatic heterocycles. The smallest absolute Gasteiger partial charge is 0.183 e. The second kappa shape index (κ2) is 7.72. The van der Waals surface area contributed by atoms with Crippen molar-refractivity contribution in [1.29, 1.82) is 0 Å². The average Bonchev–Trinajstić information content (AvgIpc) is 3.12. The van der Waals surface area contributed by atoms with E-state index in [0.29, 0.717) is 6.54 Å². The van der Waals surface area contributed by atoms with Crippen LogP contribution in [0.25, 0.3) is 5.65 Å². The largest absolute Gasteiger partial charge is 0.287 e. The molecule has 0 aliphatic rings. The van der Waals surface area contributed by atoms with E-state index >= 15 is 0 Å². The second-order valence-electron chi connectivity index (χ2n) is 6.03. The van der Waals surface area contributed by atoms with E-state index in [0.717, 1.165) is 34.6 Å². The number of pyridine rings is 1. The molecule has 26 heavy (non-hydrogen) atoms. The fourth-order valence-corrected chi connectivity index (χ4v) is 3.36. The summed E-state index contributed by atoms with van der Waals surface area (Å²) in [7, 11) is 0. The molecule has 0 saturated carbocycles. The number of hydrogen-bond donors (Lipinski definition) is 0. The van der Waals surface area contributed by atoms with E-state index in [-0.39, 0.29) is 0 Å². The predicted octanol–water partition coefficient (Wildman–Crippen LogP) is 3.48. The van der Waals surface area contributed by atoms with Gasteiger partial charge in [-0.2, -0.15) is 0 Å². The summed E-state index contributed by atoms with van der Waals surface area (Å²) in [5, 5.41) is 8.19. The van der Waals surface area contributed by atoms with Gasteiger partial charge in [-0.25, -0.2) is 0 Å². The number of halogens is 1. The fourth-order valence-electron chi connectivity index (χ4n) is 2.92. The highest BCUT2D eigenvalue weighted by Gasteiger charge is 2.13. The third kappa shape index (κ3) is 3.95. The molecule has 0 aliphatic carbocycles. The molecule has 0 amide bonds. The minimum atomic E-state index is 0.659. The summed E-state index contributed by atoms with van der Waals surface area (Å²) in [5.41, 5.74) is 3.93. The van der Waals surface area contributed by atoms with Gasteiger partial charge >= 0.3 is 0 Å². The molecule has 0 bridgehead atoms. The van der Waals surface area contributed by atoms with E-state index < -0.39 is 0 Å². The predicted molar refractivity (Wildman–Crippen MR) is 102 cm³/mol. The van der Waals surface area contributed by atoms with Gasteiger partial charge in [0.25, 0.3) is 0 Å². The first-order valence-corrected chi connectivity index (χ1v) is 9.07. The van der Waals surface area contributed by atoms with Gasteiger partial charge in [-0.15, -0.1) is 10.2 Å². The molecule has 0 radical (unpaired) electrons. The van der Waals surface area contributed by atoms with Gasteiger partial charge in [-0.1, -0.05) is 34.1 Å². The minimum Gasteiger partial charge on any atom is -0.287 e. The Morgan fingerprint density at radius 3 is 2.77 bits per heavy atom. The van der Waals surface area contributed by atoms with Crippen molar-refractivity contribution in [2.75, 3.05) is 0 Å². The van der Waals surface area contributed by atoms with Gasteiger partial charge in [-0.05, 0) is 29.8 Å². The zero-order chi connectivity index (χ0) is 17.8. The Bertz CT molecular complexity index is 1000. The number of aromatic nitrogens is 5. The SMILES string of the molecule is Brc1cccc(CN(Cc2ccccn2)Cc2nccn3cnnc23)c1. The van der Waals surface area contributed by atoms with Crippen molar-refractivity contribution in [1.82, 2.24) is 29.5 Å². The molecule has 0 N–H and O–H groups in total. The van der Waals surface area contributed by atoms with E-state index in [1.54, 1.807) is 12.5 Å². The normalized spacial score (nSPS) is 11.3. The number of benzene rings is 1. The van der Waals surface area contributed by atoms with Gasteiger partial charge in [0, 0.05) is 42.7 Å². The van der Waals surface area contributed by atoms with E-state index in [2.05, 4.69) is 59.2 Å². The van der Waals surface area contributed by atoms with Crippen LogP contribution in [0.4, 0.5) is 0 Å². The van der Waals surface area contributed by atoms with Crippen LogP contribution in [-0.4, -0.2) is 29.5 Å². The Kier molecular flexibility index (Phi) is 4.99. The molecular formula is C19H17BrN6. The Balaban J connectivity index is 1.62.